The third-order valence-electron chi connectivity index (χ3n) is 7.04. The quantitative estimate of drug-likeness (QED) is 0.173. The third kappa shape index (κ3) is 8.42. The van der Waals surface area contributed by atoms with Crippen LogP contribution in [0, 0.1) is 5.82 Å². The molecule has 1 aliphatic rings. The predicted molar refractivity (Wildman–Crippen MR) is 161 cm³/mol. The number of esters is 1. The van der Waals surface area contributed by atoms with E-state index in [4.69, 9.17) is 25.8 Å². The van der Waals surface area contributed by atoms with Crippen molar-refractivity contribution in [3.8, 4) is 11.5 Å². The van der Waals surface area contributed by atoms with Crippen LogP contribution in [0.5, 0.6) is 11.5 Å². The average Bonchev–Trinajstić information content (AvgIpc) is 2.89. The molecule has 0 radical (unpaired) electrons. The number of carbonyl (C=O) groups is 1. The van der Waals surface area contributed by atoms with Gasteiger partial charge in [-0.25, -0.2) is 14.4 Å². The Balaban J connectivity index is 1.52. The minimum Gasteiger partial charge on any atom is -0.490 e. The van der Waals surface area contributed by atoms with E-state index in [1.54, 1.807) is 6.07 Å². The Hall–Kier alpha value is -3.21. The standard InChI is InChI=1S/C31H40ClFN4O5/c1-30(2,3)42-28(39)17-37(31(4,5)18-38)12-7-13-40-26-15-22-25(16-27(26)41-21-8-6-9-21)34-19-35-29(22)36-20-10-11-24(33)23(32)14-20/h10-11,14-16,19,21,38H,6-9,12-13,17-18H2,1-5H3,(H,34,35,36). The fraction of sp³-hybridized carbons (Fsp3) is 0.516. The summed E-state index contributed by atoms with van der Waals surface area (Å²) in [6, 6.07) is 8.05. The van der Waals surface area contributed by atoms with E-state index in [-0.39, 0.29) is 30.2 Å². The first-order valence-electron chi connectivity index (χ1n) is 14.2. The van der Waals surface area contributed by atoms with Crippen molar-refractivity contribution in [1.29, 1.82) is 0 Å². The lowest BCUT2D eigenvalue weighted by molar-refractivity contribution is -0.158. The first kappa shape index (κ1) is 31.7. The number of halogens is 2. The molecule has 11 heteroatoms. The van der Waals surface area contributed by atoms with Crippen LogP contribution in [0.15, 0.2) is 36.7 Å². The molecule has 0 aliphatic heterocycles. The SMILES string of the molecule is CC(C)(C)OC(=O)CN(CCCOc1cc2c(Nc3ccc(F)c(Cl)c3)ncnc2cc1OC1CCC1)C(C)(C)CO. The maximum atomic E-state index is 13.7. The highest BCUT2D eigenvalue weighted by atomic mass is 35.5. The molecule has 1 saturated carbocycles. The van der Waals surface area contributed by atoms with Crippen molar-refractivity contribution in [2.24, 2.45) is 0 Å². The van der Waals surface area contributed by atoms with Gasteiger partial charge < -0.3 is 24.6 Å². The minimum atomic E-state index is -0.625. The summed E-state index contributed by atoms with van der Waals surface area (Å²) in [7, 11) is 0. The summed E-state index contributed by atoms with van der Waals surface area (Å²) in [6.45, 7) is 10.0. The Morgan fingerprint density at radius 3 is 2.55 bits per heavy atom. The van der Waals surface area contributed by atoms with E-state index in [2.05, 4.69) is 15.3 Å². The molecular formula is C31H40ClFN4O5. The molecule has 1 aliphatic carbocycles. The van der Waals surface area contributed by atoms with Gasteiger partial charge in [-0.05, 0) is 84.6 Å². The smallest absolute Gasteiger partial charge is 0.320 e. The van der Waals surface area contributed by atoms with E-state index < -0.39 is 17.0 Å². The molecule has 1 fully saturated rings. The zero-order valence-electron chi connectivity index (χ0n) is 24.9. The number of hydrogen-bond donors (Lipinski definition) is 2. The van der Waals surface area contributed by atoms with Crippen LogP contribution in [0.2, 0.25) is 5.02 Å². The fourth-order valence-electron chi connectivity index (χ4n) is 4.41. The highest BCUT2D eigenvalue weighted by Gasteiger charge is 2.29. The van der Waals surface area contributed by atoms with E-state index in [0.29, 0.717) is 53.5 Å². The molecule has 0 spiro atoms. The molecule has 42 heavy (non-hydrogen) atoms. The molecule has 9 nitrogen and oxygen atoms in total. The van der Waals surface area contributed by atoms with E-state index in [1.807, 2.05) is 51.7 Å². The Kier molecular flexibility index (Phi) is 10.1. The van der Waals surface area contributed by atoms with Crippen molar-refractivity contribution in [1.82, 2.24) is 14.9 Å². The van der Waals surface area contributed by atoms with E-state index in [0.717, 1.165) is 19.3 Å². The first-order valence-corrected chi connectivity index (χ1v) is 14.6. The lowest BCUT2D eigenvalue weighted by atomic mass is 9.96. The summed E-state index contributed by atoms with van der Waals surface area (Å²) in [4.78, 5) is 23.3. The van der Waals surface area contributed by atoms with Crippen molar-refractivity contribution in [3.63, 3.8) is 0 Å². The summed E-state index contributed by atoms with van der Waals surface area (Å²) in [5.74, 6) is 0.803. The number of fused-ring (bicyclic) bond motifs is 1. The van der Waals surface area contributed by atoms with Crippen molar-refractivity contribution in [2.45, 2.75) is 77.5 Å². The molecule has 4 rings (SSSR count). The number of benzene rings is 2. The van der Waals surface area contributed by atoms with Crippen LogP contribution in [0.4, 0.5) is 15.9 Å². The highest BCUT2D eigenvalue weighted by molar-refractivity contribution is 6.31. The molecule has 0 saturated heterocycles. The second-order valence-corrected chi connectivity index (χ2v) is 12.6. The Labute approximate surface area is 251 Å². The summed E-state index contributed by atoms with van der Waals surface area (Å²) in [6.07, 6.45) is 5.24. The van der Waals surface area contributed by atoms with Crippen molar-refractivity contribution < 1.29 is 28.5 Å². The molecule has 228 valence electrons. The summed E-state index contributed by atoms with van der Waals surface area (Å²) >= 11 is 5.97. The number of nitrogens with one attached hydrogen (secondary N) is 1. The van der Waals surface area contributed by atoms with Gasteiger partial charge in [0.2, 0.25) is 0 Å². The van der Waals surface area contributed by atoms with E-state index in [9.17, 15) is 14.3 Å². The van der Waals surface area contributed by atoms with Gasteiger partial charge in [-0.2, -0.15) is 0 Å². The summed E-state index contributed by atoms with van der Waals surface area (Å²) in [5.41, 5.74) is 0.0213. The van der Waals surface area contributed by atoms with Crippen molar-refractivity contribution in [2.75, 3.05) is 31.6 Å². The minimum absolute atomic E-state index is 0.00339. The molecule has 0 atom stereocenters. The normalized spacial score (nSPS) is 14.1. The fourth-order valence-corrected chi connectivity index (χ4v) is 4.59. The molecular weight excluding hydrogens is 563 g/mol. The molecule has 0 amide bonds. The molecule has 2 aromatic carbocycles. The van der Waals surface area contributed by atoms with Crippen LogP contribution < -0.4 is 14.8 Å². The van der Waals surface area contributed by atoms with E-state index >= 15 is 0 Å². The molecule has 2 N–H and O–H groups in total. The van der Waals surface area contributed by atoms with Crippen LogP contribution in [0.1, 0.15) is 60.3 Å². The molecule has 3 aromatic rings. The number of aromatic nitrogens is 2. The van der Waals surface area contributed by atoms with Crippen molar-refractivity contribution in [3.05, 3.63) is 47.5 Å². The maximum Gasteiger partial charge on any atom is 0.320 e. The predicted octanol–water partition coefficient (Wildman–Crippen LogP) is 6.28. The number of aliphatic hydroxyl groups is 1. The lowest BCUT2D eigenvalue weighted by Crippen LogP contribution is -2.50. The first-order chi connectivity index (χ1) is 19.8. The summed E-state index contributed by atoms with van der Waals surface area (Å²) < 4.78 is 31.7. The van der Waals surface area contributed by atoms with Gasteiger partial charge in [0.05, 0.1) is 36.4 Å². The Bertz CT molecular complexity index is 1390. The Morgan fingerprint density at radius 1 is 1.14 bits per heavy atom. The maximum absolute atomic E-state index is 13.7. The topological polar surface area (TPSA) is 106 Å². The third-order valence-corrected chi connectivity index (χ3v) is 7.33. The number of hydrogen-bond acceptors (Lipinski definition) is 9. The second kappa shape index (κ2) is 13.4. The van der Waals surface area contributed by atoms with Gasteiger partial charge in [0, 0.05) is 29.2 Å². The number of rotatable bonds is 13. The lowest BCUT2D eigenvalue weighted by Gasteiger charge is -2.37. The van der Waals surface area contributed by atoms with Gasteiger partial charge in [0.15, 0.2) is 11.5 Å². The molecule has 0 unspecified atom stereocenters. The average molecular weight is 603 g/mol. The zero-order chi connectivity index (χ0) is 30.5. The number of ether oxygens (including phenoxy) is 3. The molecule has 0 bridgehead atoms. The van der Waals surface area contributed by atoms with Gasteiger partial charge in [0.25, 0.3) is 0 Å². The van der Waals surface area contributed by atoms with Gasteiger partial charge >= 0.3 is 5.97 Å². The van der Waals surface area contributed by atoms with Crippen molar-refractivity contribution >= 4 is 40.0 Å². The van der Waals surface area contributed by atoms with Gasteiger partial charge in [0.1, 0.15) is 23.6 Å². The largest absolute Gasteiger partial charge is 0.490 e. The second-order valence-electron chi connectivity index (χ2n) is 12.1. The van der Waals surface area contributed by atoms with Crippen LogP contribution >= 0.6 is 11.6 Å². The van der Waals surface area contributed by atoms with Crippen LogP contribution in [0.3, 0.4) is 0 Å². The van der Waals surface area contributed by atoms with Crippen LogP contribution in [-0.2, 0) is 9.53 Å². The Morgan fingerprint density at radius 2 is 1.90 bits per heavy atom. The summed E-state index contributed by atoms with van der Waals surface area (Å²) in [5, 5.41) is 13.9. The van der Waals surface area contributed by atoms with Gasteiger partial charge in [-0.3, -0.25) is 9.69 Å². The van der Waals surface area contributed by atoms with Crippen LogP contribution in [-0.4, -0.2) is 69.5 Å². The highest BCUT2D eigenvalue weighted by Crippen LogP contribution is 2.38. The van der Waals surface area contributed by atoms with Gasteiger partial charge in [-0.15, -0.1) is 0 Å². The number of anilines is 2. The monoisotopic (exact) mass is 602 g/mol. The molecule has 1 aromatic heterocycles. The zero-order valence-corrected chi connectivity index (χ0v) is 25.6. The number of carbonyl (C=O) groups excluding carboxylic acids is 1. The number of nitrogens with zero attached hydrogens (tertiary/aromatic N) is 3. The molecule has 1 heterocycles. The van der Waals surface area contributed by atoms with Gasteiger partial charge in [-0.1, -0.05) is 11.6 Å². The number of aliphatic hydroxyl groups excluding tert-OH is 1. The van der Waals surface area contributed by atoms with E-state index in [1.165, 1.54) is 18.5 Å². The van der Waals surface area contributed by atoms with Crippen LogP contribution in [0.25, 0.3) is 10.9 Å².